The largest absolute Gasteiger partial charge is 0.479 e. The smallest absolute Gasteiger partial charge is 0.260 e. The number of ether oxygens (including phenoxy) is 1. The summed E-state index contributed by atoms with van der Waals surface area (Å²) in [5.74, 6) is 0.787. The molecule has 20 heavy (non-hydrogen) atoms. The maximum atomic E-state index is 11.9. The van der Waals surface area contributed by atoms with Crippen molar-refractivity contribution in [1.82, 2.24) is 5.32 Å². The zero-order valence-electron chi connectivity index (χ0n) is 11.2. The van der Waals surface area contributed by atoms with E-state index in [1.807, 2.05) is 0 Å². The zero-order valence-corrected chi connectivity index (χ0v) is 12.7. The van der Waals surface area contributed by atoms with Crippen molar-refractivity contribution in [2.75, 3.05) is 6.54 Å². The molecule has 1 amide bonds. The quantitative estimate of drug-likeness (QED) is 0.848. The lowest BCUT2D eigenvalue weighted by Crippen LogP contribution is -2.43. The van der Waals surface area contributed by atoms with Crippen molar-refractivity contribution in [2.45, 2.75) is 31.9 Å². The van der Waals surface area contributed by atoms with Crippen LogP contribution in [0.5, 0.6) is 5.75 Å². The van der Waals surface area contributed by atoms with E-state index in [4.69, 9.17) is 33.7 Å². The van der Waals surface area contributed by atoms with Crippen LogP contribution in [0.3, 0.4) is 0 Å². The second kappa shape index (κ2) is 6.66. The molecule has 0 radical (unpaired) electrons. The average molecular weight is 317 g/mol. The molecule has 1 aromatic carbocycles. The predicted octanol–water partition coefficient (Wildman–Crippen LogP) is 2.61. The van der Waals surface area contributed by atoms with Gasteiger partial charge in [-0.15, -0.1) is 0 Å². The van der Waals surface area contributed by atoms with Crippen LogP contribution in [0.1, 0.15) is 19.8 Å². The zero-order chi connectivity index (χ0) is 14.7. The van der Waals surface area contributed by atoms with Gasteiger partial charge in [0.05, 0.1) is 5.02 Å². The van der Waals surface area contributed by atoms with Gasteiger partial charge in [0.2, 0.25) is 0 Å². The summed E-state index contributed by atoms with van der Waals surface area (Å²) in [6, 6.07) is 4.91. The number of amides is 1. The van der Waals surface area contributed by atoms with Gasteiger partial charge in [0.25, 0.3) is 5.91 Å². The van der Waals surface area contributed by atoms with E-state index in [0.717, 1.165) is 12.8 Å². The summed E-state index contributed by atoms with van der Waals surface area (Å²) in [6.07, 6.45) is 1.67. The van der Waals surface area contributed by atoms with Crippen LogP contribution in [-0.4, -0.2) is 24.6 Å². The van der Waals surface area contributed by atoms with Crippen LogP contribution in [-0.2, 0) is 4.79 Å². The second-order valence-corrected chi connectivity index (χ2v) is 5.92. The molecule has 0 aliphatic heterocycles. The number of hydrogen-bond acceptors (Lipinski definition) is 3. The molecule has 2 rings (SSSR count). The minimum absolute atomic E-state index is 0.0327. The van der Waals surface area contributed by atoms with E-state index in [0.29, 0.717) is 28.3 Å². The number of benzene rings is 1. The number of nitrogens with one attached hydrogen (secondary N) is 1. The number of carbonyl (C=O) groups is 1. The summed E-state index contributed by atoms with van der Waals surface area (Å²) in [5, 5.41) is 3.70. The third-order valence-corrected chi connectivity index (χ3v) is 3.84. The van der Waals surface area contributed by atoms with Crippen molar-refractivity contribution >= 4 is 29.1 Å². The Kier molecular flexibility index (Phi) is 5.13. The highest BCUT2D eigenvalue weighted by atomic mass is 35.5. The van der Waals surface area contributed by atoms with Gasteiger partial charge in [-0.3, -0.25) is 4.79 Å². The van der Waals surface area contributed by atoms with E-state index < -0.39 is 6.10 Å². The van der Waals surface area contributed by atoms with Crippen LogP contribution in [0.15, 0.2) is 18.2 Å². The molecule has 2 atom stereocenters. The predicted molar refractivity (Wildman–Crippen MR) is 80.3 cm³/mol. The summed E-state index contributed by atoms with van der Waals surface area (Å²) in [7, 11) is 0. The lowest BCUT2D eigenvalue weighted by molar-refractivity contribution is -0.127. The number of nitrogens with two attached hydrogens (primary N) is 1. The van der Waals surface area contributed by atoms with Gasteiger partial charge >= 0.3 is 0 Å². The summed E-state index contributed by atoms with van der Waals surface area (Å²) >= 11 is 11.8. The third-order valence-electron chi connectivity index (χ3n) is 3.31. The van der Waals surface area contributed by atoms with Crippen LogP contribution in [0.2, 0.25) is 10.0 Å². The molecule has 1 aliphatic carbocycles. The van der Waals surface area contributed by atoms with Gasteiger partial charge in [-0.1, -0.05) is 23.2 Å². The summed E-state index contributed by atoms with van der Waals surface area (Å²) in [6.45, 7) is 2.15. The summed E-state index contributed by atoms with van der Waals surface area (Å²) < 4.78 is 5.53. The lowest BCUT2D eigenvalue weighted by atomic mass is 10.2. The highest BCUT2D eigenvalue weighted by Gasteiger charge is 2.29. The Morgan fingerprint density at radius 3 is 2.80 bits per heavy atom. The van der Waals surface area contributed by atoms with Crippen molar-refractivity contribution in [2.24, 2.45) is 11.7 Å². The molecule has 2 unspecified atom stereocenters. The molecular weight excluding hydrogens is 299 g/mol. The Labute approximate surface area is 128 Å². The van der Waals surface area contributed by atoms with Crippen LogP contribution >= 0.6 is 23.2 Å². The first-order valence-electron chi connectivity index (χ1n) is 6.62. The molecule has 0 saturated heterocycles. The molecule has 1 aromatic rings. The molecule has 0 heterocycles. The molecule has 0 spiro atoms. The van der Waals surface area contributed by atoms with Crippen LogP contribution in [0, 0.1) is 5.92 Å². The van der Waals surface area contributed by atoms with Gasteiger partial charge in [-0.05, 0) is 43.9 Å². The molecule has 0 aromatic heterocycles. The Hall–Kier alpha value is -0.970. The molecule has 6 heteroatoms. The fourth-order valence-electron chi connectivity index (χ4n) is 1.87. The molecule has 4 nitrogen and oxygen atoms in total. The van der Waals surface area contributed by atoms with E-state index in [2.05, 4.69) is 5.32 Å². The van der Waals surface area contributed by atoms with Crippen LogP contribution in [0.4, 0.5) is 0 Å². The Bertz CT molecular complexity index is 492. The van der Waals surface area contributed by atoms with E-state index in [1.165, 1.54) is 0 Å². The van der Waals surface area contributed by atoms with Crippen molar-refractivity contribution in [3.8, 4) is 5.75 Å². The van der Waals surface area contributed by atoms with Crippen molar-refractivity contribution in [1.29, 1.82) is 0 Å². The van der Waals surface area contributed by atoms with E-state index in [9.17, 15) is 4.79 Å². The lowest BCUT2D eigenvalue weighted by Gasteiger charge is -2.17. The number of rotatable bonds is 6. The highest BCUT2D eigenvalue weighted by molar-refractivity contribution is 6.35. The normalized spacial score (nSPS) is 17.4. The van der Waals surface area contributed by atoms with Crippen LogP contribution in [0.25, 0.3) is 0 Å². The summed E-state index contributed by atoms with van der Waals surface area (Å²) in [4.78, 5) is 11.9. The Balaban J connectivity index is 1.83. The van der Waals surface area contributed by atoms with Crippen molar-refractivity contribution in [3.05, 3.63) is 28.2 Å². The number of hydrogen-bond donors (Lipinski definition) is 2. The van der Waals surface area contributed by atoms with Crippen molar-refractivity contribution in [3.63, 3.8) is 0 Å². The SMILES string of the molecule is CC(Oc1ccc(Cl)cc1Cl)C(=O)NCC(N)C1CC1. The van der Waals surface area contributed by atoms with E-state index in [-0.39, 0.29) is 11.9 Å². The number of carbonyl (C=O) groups excluding carboxylic acids is 1. The Morgan fingerprint density at radius 1 is 1.50 bits per heavy atom. The van der Waals surface area contributed by atoms with Gasteiger partial charge in [0.15, 0.2) is 6.10 Å². The van der Waals surface area contributed by atoms with E-state index in [1.54, 1.807) is 25.1 Å². The monoisotopic (exact) mass is 316 g/mol. The van der Waals surface area contributed by atoms with E-state index >= 15 is 0 Å². The van der Waals surface area contributed by atoms with Gasteiger partial charge < -0.3 is 15.8 Å². The molecule has 1 fully saturated rings. The van der Waals surface area contributed by atoms with Gasteiger partial charge in [0.1, 0.15) is 5.75 Å². The molecule has 1 aliphatic rings. The van der Waals surface area contributed by atoms with Crippen LogP contribution < -0.4 is 15.8 Å². The fourth-order valence-corrected chi connectivity index (χ4v) is 2.32. The average Bonchev–Trinajstić information content (AvgIpc) is 3.23. The second-order valence-electron chi connectivity index (χ2n) is 5.08. The minimum atomic E-state index is -0.639. The summed E-state index contributed by atoms with van der Waals surface area (Å²) in [5.41, 5.74) is 5.93. The van der Waals surface area contributed by atoms with Gasteiger partial charge in [-0.2, -0.15) is 0 Å². The molecule has 0 bridgehead atoms. The molecular formula is C14H18Cl2N2O2. The maximum Gasteiger partial charge on any atom is 0.260 e. The maximum absolute atomic E-state index is 11.9. The first-order chi connectivity index (χ1) is 9.47. The van der Waals surface area contributed by atoms with Crippen molar-refractivity contribution < 1.29 is 9.53 Å². The first-order valence-corrected chi connectivity index (χ1v) is 7.38. The highest BCUT2D eigenvalue weighted by Crippen LogP contribution is 2.31. The topological polar surface area (TPSA) is 64.3 Å². The fraction of sp³-hybridized carbons (Fsp3) is 0.500. The number of halogens is 2. The van der Waals surface area contributed by atoms with Gasteiger partial charge in [0, 0.05) is 17.6 Å². The molecule has 1 saturated carbocycles. The van der Waals surface area contributed by atoms with Gasteiger partial charge in [-0.25, -0.2) is 0 Å². The minimum Gasteiger partial charge on any atom is -0.479 e. The standard InChI is InChI=1S/C14H18Cl2N2O2/c1-8(14(19)18-7-12(17)9-2-3-9)20-13-5-4-10(15)6-11(13)16/h4-6,8-9,12H,2-3,7,17H2,1H3,(H,18,19). The molecule has 110 valence electrons. The third kappa shape index (κ3) is 4.27. The molecule has 3 N–H and O–H groups in total. The first kappa shape index (κ1) is 15.4. The Morgan fingerprint density at radius 2 is 2.20 bits per heavy atom.